The van der Waals surface area contributed by atoms with Gasteiger partial charge in [0.1, 0.15) is 5.52 Å². The van der Waals surface area contributed by atoms with Gasteiger partial charge in [0.05, 0.1) is 31.3 Å². The van der Waals surface area contributed by atoms with Crippen LogP contribution in [0.1, 0.15) is 17.3 Å². The van der Waals surface area contributed by atoms with Crippen molar-refractivity contribution in [2.75, 3.05) is 43.6 Å². The summed E-state index contributed by atoms with van der Waals surface area (Å²) in [5.74, 6) is -0.996. The van der Waals surface area contributed by atoms with Crippen LogP contribution in [0.2, 0.25) is 0 Å². The van der Waals surface area contributed by atoms with Gasteiger partial charge in [-0.3, -0.25) is 9.48 Å². The van der Waals surface area contributed by atoms with Gasteiger partial charge in [0.15, 0.2) is 5.82 Å². The standard InChI is InChI=1S/C24H26FN7O3/c1-14-12-31(6-5-26-14)20-4-3-17(22-18(20)11-27-24(29-22)35-2)23(34)28-16-9-15-13-32(7-8-33)30-21(15)19(25)10-16/h3-4,9-11,13-14,26,33H,5-8,12H2,1-2H3,(H,28,34). The first kappa shape index (κ1) is 22.9. The summed E-state index contributed by atoms with van der Waals surface area (Å²) in [6, 6.07) is 6.97. The number of anilines is 2. The van der Waals surface area contributed by atoms with Crippen LogP contribution in [0.15, 0.2) is 36.7 Å². The summed E-state index contributed by atoms with van der Waals surface area (Å²) in [7, 11) is 1.47. The Morgan fingerprint density at radius 2 is 2.20 bits per heavy atom. The van der Waals surface area contributed by atoms with Gasteiger partial charge < -0.3 is 25.4 Å². The molecule has 1 saturated heterocycles. The van der Waals surface area contributed by atoms with Crippen LogP contribution in [0.4, 0.5) is 15.8 Å². The normalized spacial score (nSPS) is 16.1. The van der Waals surface area contributed by atoms with Crippen LogP contribution >= 0.6 is 0 Å². The molecule has 1 atom stereocenters. The molecule has 0 saturated carbocycles. The van der Waals surface area contributed by atoms with Gasteiger partial charge in [-0.1, -0.05) is 0 Å². The summed E-state index contributed by atoms with van der Waals surface area (Å²) >= 11 is 0. The summed E-state index contributed by atoms with van der Waals surface area (Å²) in [6.07, 6.45) is 3.29. The SMILES string of the molecule is COc1ncc2c(N3CCNC(C)C3)ccc(C(=O)Nc3cc(F)c4nn(CCO)cc4c3)c2n1. The third-order valence-corrected chi connectivity index (χ3v) is 6.04. The number of carbonyl (C=O) groups is 1. The second-order valence-corrected chi connectivity index (χ2v) is 8.52. The number of halogens is 1. The lowest BCUT2D eigenvalue weighted by Gasteiger charge is -2.34. The van der Waals surface area contributed by atoms with Gasteiger partial charge in [0, 0.05) is 60.2 Å². The van der Waals surface area contributed by atoms with Crippen LogP contribution in [-0.2, 0) is 6.54 Å². The Morgan fingerprint density at radius 1 is 1.34 bits per heavy atom. The van der Waals surface area contributed by atoms with Crippen LogP contribution in [0.3, 0.4) is 0 Å². The van der Waals surface area contributed by atoms with Crippen molar-refractivity contribution < 1.29 is 19.0 Å². The molecule has 0 radical (unpaired) electrons. The second-order valence-electron chi connectivity index (χ2n) is 8.52. The van der Waals surface area contributed by atoms with E-state index in [0.29, 0.717) is 22.5 Å². The molecule has 3 N–H and O–H groups in total. The van der Waals surface area contributed by atoms with Gasteiger partial charge in [0.2, 0.25) is 0 Å². The Morgan fingerprint density at radius 3 is 2.97 bits per heavy atom. The highest BCUT2D eigenvalue weighted by Crippen LogP contribution is 2.31. The predicted octanol–water partition coefficient (Wildman–Crippen LogP) is 2.17. The van der Waals surface area contributed by atoms with Crippen LogP contribution in [-0.4, -0.2) is 70.2 Å². The molecule has 10 nitrogen and oxygen atoms in total. The number of aromatic nitrogens is 4. The first-order valence-corrected chi connectivity index (χ1v) is 11.4. The van der Waals surface area contributed by atoms with Gasteiger partial charge in [0.25, 0.3) is 5.91 Å². The van der Waals surface area contributed by atoms with Crippen molar-refractivity contribution in [3.05, 3.63) is 48.0 Å². The van der Waals surface area contributed by atoms with Crippen molar-refractivity contribution in [2.24, 2.45) is 0 Å². The fraction of sp³-hybridized carbons (Fsp3) is 0.333. The number of aliphatic hydroxyl groups excluding tert-OH is 1. The Balaban J connectivity index is 1.51. The fourth-order valence-corrected chi connectivity index (χ4v) is 4.43. The summed E-state index contributed by atoms with van der Waals surface area (Å²) in [6.45, 7) is 4.75. The number of hydrogen-bond donors (Lipinski definition) is 3. The number of carbonyl (C=O) groups excluding carboxylic acids is 1. The summed E-state index contributed by atoms with van der Waals surface area (Å²) < 4.78 is 21.3. The van der Waals surface area contributed by atoms with Crippen LogP contribution in [0.5, 0.6) is 6.01 Å². The topological polar surface area (TPSA) is 117 Å². The van der Waals surface area contributed by atoms with E-state index in [2.05, 4.69) is 37.5 Å². The quantitative estimate of drug-likeness (QED) is 0.385. The first-order valence-electron chi connectivity index (χ1n) is 11.4. The number of fused-ring (bicyclic) bond motifs is 2. The fourth-order valence-electron chi connectivity index (χ4n) is 4.43. The lowest BCUT2D eigenvalue weighted by Crippen LogP contribution is -2.49. The van der Waals surface area contributed by atoms with Crippen molar-refractivity contribution in [3.8, 4) is 6.01 Å². The highest BCUT2D eigenvalue weighted by atomic mass is 19.1. The molecular formula is C24H26FN7O3. The largest absolute Gasteiger partial charge is 0.467 e. The molecule has 2 aromatic carbocycles. The highest BCUT2D eigenvalue weighted by Gasteiger charge is 2.22. The Hall–Kier alpha value is -3.83. The van der Waals surface area contributed by atoms with Gasteiger partial charge >= 0.3 is 6.01 Å². The number of amides is 1. The first-order chi connectivity index (χ1) is 17.0. The smallest absolute Gasteiger partial charge is 0.316 e. The average molecular weight is 480 g/mol. The molecule has 1 fully saturated rings. The molecule has 2 aromatic heterocycles. The molecule has 11 heteroatoms. The molecule has 1 aliphatic heterocycles. The van der Waals surface area contributed by atoms with Crippen molar-refractivity contribution >= 4 is 39.1 Å². The number of hydrogen-bond acceptors (Lipinski definition) is 8. The zero-order chi connectivity index (χ0) is 24.5. The zero-order valence-electron chi connectivity index (χ0n) is 19.5. The maximum atomic E-state index is 14.7. The molecule has 0 spiro atoms. The minimum atomic E-state index is -0.563. The molecule has 1 unspecified atom stereocenters. The lowest BCUT2D eigenvalue weighted by molar-refractivity contribution is 0.102. The molecule has 35 heavy (non-hydrogen) atoms. The molecule has 182 valence electrons. The van der Waals surface area contributed by atoms with Gasteiger partial charge in [-0.05, 0) is 31.2 Å². The van der Waals surface area contributed by atoms with Crippen LogP contribution in [0.25, 0.3) is 21.8 Å². The molecule has 5 rings (SSSR count). The van der Waals surface area contributed by atoms with E-state index in [-0.39, 0.29) is 30.4 Å². The molecular weight excluding hydrogens is 453 g/mol. The molecule has 3 heterocycles. The van der Waals surface area contributed by atoms with Gasteiger partial charge in [-0.2, -0.15) is 10.1 Å². The van der Waals surface area contributed by atoms with E-state index >= 15 is 0 Å². The number of aliphatic hydroxyl groups is 1. The molecule has 0 bridgehead atoms. The van der Waals surface area contributed by atoms with E-state index in [1.54, 1.807) is 24.5 Å². The number of piperazine rings is 1. The van der Waals surface area contributed by atoms with Crippen LogP contribution < -0.4 is 20.3 Å². The third kappa shape index (κ3) is 4.47. The van der Waals surface area contributed by atoms with E-state index in [4.69, 9.17) is 9.84 Å². The van der Waals surface area contributed by atoms with E-state index in [1.807, 2.05) is 6.07 Å². The minimum Gasteiger partial charge on any atom is -0.467 e. The zero-order valence-corrected chi connectivity index (χ0v) is 19.5. The number of rotatable bonds is 6. The molecule has 4 aromatic rings. The minimum absolute atomic E-state index is 0.111. The van der Waals surface area contributed by atoms with Gasteiger partial charge in [-0.15, -0.1) is 0 Å². The van der Waals surface area contributed by atoms with Crippen molar-refractivity contribution in [1.82, 2.24) is 25.1 Å². The summed E-state index contributed by atoms with van der Waals surface area (Å²) in [5.41, 5.74) is 2.18. The van der Waals surface area contributed by atoms with Crippen molar-refractivity contribution in [1.29, 1.82) is 0 Å². The lowest BCUT2D eigenvalue weighted by atomic mass is 10.1. The van der Waals surface area contributed by atoms with E-state index < -0.39 is 11.7 Å². The summed E-state index contributed by atoms with van der Waals surface area (Å²) in [5, 5.41) is 20.7. The van der Waals surface area contributed by atoms with Crippen LogP contribution in [0, 0.1) is 5.82 Å². The number of methoxy groups -OCH3 is 1. The molecule has 0 aliphatic carbocycles. The number of ether oxygens (including phenoxy) is 1. The van der Waals surface area contributed by atoms with E-state index in [0.717, 1.165) is 30.7 Å². The highest BCUT2D eigenvalue weighted by molar-refractivity contribution is 6.14. The monoisotopic (exact) mass is 479 g/mol. The number of benzene rings is 2. The Kier molecular flexibility index (Phi) is 6.18. The summed E-state index contributed by atoms with van der Waals surface area (Å²) in [4.78, 5) is 24.3. The molecule has 1 aliphatic rings. The number of nitrogens with zero attached hydrogens (tertiary/aromatic N) is 5. The molecule has 1 amide bonds. The van der Waals surface area contributed by atoms with E-state index in [1.165, 1.54) is 17.9 Å². The maximum Gasteiger partial charge on any atom is 0.316 e. The Bertz CT molecular complexity index is 1410. The van der Waals surface area contributed by atoms with E-state index in [9.17, 15) is 9.18 Å². The Labute approximate surface area is 200 Å². The van der Waals surface area contributed by atoms with Crippen molar-refractivity contribution in [3.63, 3.8) is 0 Å². The average Bonchev–Trinajstić information content (AvgIpc) is 3.26. The van der Waals surface area contributed by atoms with Crippen molar-refractivity contribution in [2.45, 2.75) is 19.5 Å². The second kappa shape index (κ2) is 9.43. The number of nitrogens with one attached hydrogen (secondary N) is 2. The van der Waals surface area contributed by atoms with Gasteiger partial charge in [-0.25, -0.2) is 9.37 Å². The predicted molar refractivity (Wildman–Crippen MR) is 130 cm³/mol. The maximum absolute atomic E-state index is 14.7. The third-order valence-electron chi connectivity index (χ3n) is 6.04.